The van der Waals surface area contributed by atoms with Gasteiger partial charge in [-0.2, -0.15) is 0 Å². The summed E-state index contributed by atoms with van der Waals surface area (Å²) in [5.74, 6) is -0.460. The largest absolute Gasteiger partial charge is 0.457 e. The fourth-order valence-electron chi connectivity index (χ4n) is 3.32. The molecular weight excluding hydrogens is 320 g/mol. The molecule has 128 valence electrons. The average molecular weight is 338 g/mol. The Morgan fingerprint density at radius 1 is 1.04 bits per heavy atom. The van der Waals surface area contributed by atoms with E-state index in [2.05, 4.69) is 0 Å². The number of Topliss-reactive ketones (excluding diaryl/α,β-unsaturated/α-hetero) is 1. The Balaban J connectivity index is 1.54. The van der Waals surface area contributed by atoms with Crippen molar-refractivity contribution in [3.8, 4) is 0 Å². The van der Waals surface area contributed by atoms with Crippen LogP contribution in [-0.2, 0) is 25.6 Å². The van der Waals surface area contributed by atoms with Crippen LogP contribution in [0.15, 0.2) is 60.7 Å². The first kappa shape index (κ1) is 16.0. The highest BCUT2D eigenvalue weighted by Gasteiger charge is 2.54. The topological polar surface area (TPSA) is 61.8 Å². The molecule has 0 aromatic heterocycles. The Labute approximate surface area is 145 Å². The van der Waals surface area contributed by atoms with Crippen molar-refractivity contribution in [1.82, 2.24) is 0 Å². The lowest BCUT2D eigenvalue weighted by Crippen LogP contribution is -2.39. The molecule has 0 unspecified atom stereocenters. The van der Waals surface area contributed by atoms with Gasteiger partial charge >= 0.3 is 5.97 Å². The van der Waals surface area contributed by atoms with Gasteiger partial charge in [-0.05, 0) is 5.56 Å². The molecule has 0 aliphatic carbocycles. The molecular formula is C20H18O5. The second kappa shape index (κ2) is 6.78. The van der Waals surface area contributed by atoms with Gasteiger partial charge in [0.25, 0.3) is 0 Å². The minimum atomic E-state index is -0.769. The molecule has 0 bridgehead atoms. The maximum absolute atomic E-state index is 12.8. The Morgan fingerprint density at radius 2 is 1.72 bits per heavy atom. The van der Waals surface area contributed by atoms with Crippen LogP contribution in [0.3, 0.4) is 0 Å². The monoisotopic (exact) mass is 338 g/mol. The van der Waals surface area contributed by atoms with Crippen molar-refractivity contribution in [2.45, 2.75) is 37.4 Å². The molecule has 4 rings (SSSR count). The maximum atomic E-state index is 12.8. The number of benzene rings is 2. The Morgan fingerprint density at radius 3 is 2.44 bits per heavy atom. The predicted octanol–water partition coefficient (Wildman–Crippen LogP) is 2.54. The van der Waals surface area contributed by atoms with Crippen molar-refractivity contribution in [2.24, 2.45) is 0 Å². The van der Waals surface area contributed by atoms with E-state index in [-0.39, 0.29) is 18.2 Å². The molecule has 2 aliphatic rings. The first-order chi connectivity index (χ1) is 12.2. The highest BCUT2D eigenvalue weighted by molar-refractivity contribution is 6.00. The number of rotatable bonds is 5. The molecule has 25 heavy (non-hydrogen) atoms. The van der Waals surface area contributed by atoms with E-state index in [4.69, 9.17) is 14.2 Å². The highest BCUT2D eigenvalue weighted by Crippen LogP contribution is 2.35. The molecule has 5 heteroatoms. The standard InChI is InChI=1S/C20H18O5/c21-16-11-15-18(25-16)20(23-12-13-7-3-1-4-8-13)19(24-15)17(22)14-9-5-2-6-10-14/h1-10,15,18-20H,11-12H2/t15-,18+,19-,20-/m0/s1. The van der Waals surface area contributed by atoms with Crippen LogP contribution >= 0.6 is 0 Å². The smallest absolute Gasteiger partial charge is 0.309 e. The Hall–Kier alpha value is -2.50. The third kappa shape index (κ3) is 3.21. The van der Waals surface area contributed by atoms with Crippen LogP contribution in [0.4, 0.5) is 0 Å². The number of hydrogen-bond donors (Lipinski definition) is 0. The minimum absolute atomic E-state index is 0.149. The summed E-state index contributed by atoms with van der Waals surface area (Å²) in [5, 5.41) is 0. The van der Waals surface area contributed by atoms with Crippen LogP contribution in [0.5, 0.6) is 0 Å². The predicted molar refractivity (Wildman–Crippen MR) is 88.9 cm³/mol. The fraction of sp³-hybridized carbons (Fsp3) is 0.300. The van der Waals surface area contributed by atoms with Gasteiger partial charge in [0.1, 0.15) is 12.2 Å². The summed E-state index contributed by atoms with van der Waals surface area (Å²) in [6.07, 6.45) is -2.17. The van der Waals surface area contributed by atoms with Crippen molar-refractivity contribution < 1.29 is 23.8 Å². The van der Waals surface area contributed by atoms with Gasteiger partial charge in [0.2, 0.25) is 0 Å². The quantitative estimate of drug-likeness (QED) is 0.619. The third-order valence-corrected chi connectivity index (χ3v) is 4.55. The number of ketones is 1. The molecule has 0 radical (unpaired) electrons. The van der Waals surface area contributed by atoms with E-state index in [9.17, 15) is 9.59 Å². The van der Waals surface area contributed by atoms with E-state index in [0.29, 0.717) is 12.2 Å². The van der Waals surface area contributed by atoms with Crippen molar-refractivity contribution in [3.63, 3.8) is 0 Å². The number of carbonyl (C=O) groups excluding carboxylic acids is 2. The summed E-state index contributed by atoms with van der Waals surface area (Å²) < 4.78 is 17.2. The highest BCUT2D eigenvalue weighted by atomic mass is 16.6. The maximum Gasteiger partial charge on any atom is 0.309 e. The van der Waals surface area contributed by atoms with Gasteiger partial charge in [0, 0.05) is 5.56 Å². The van der Waals surface area contributed by atoms with Gasteiger partial charge in [-0.3, -0.25) is 9.59 Å². The van der Waals surface area contributed by atoms with Gasteiger partial charge in [-0.1, -0.05) is 60.7 Å². The summed E-state index contributed by atoms with van der Waals surface area (Å²) in [6, 6.07) is 18.6. The Kier molecular flexibility index (Phi) is 4.34. The number of hydrogen-bond acceptors (Lipinski definition) is 5. The lowest BCUT2D eigenvalue weighted by molar-refractivity contribution is -0.147. The van der Waals surface area contributed by atoms with Crippen LogP contribution < -0.4 is 0 Å². The molecule has 2 aliphatic heterocycles. The summed E-state index contributed by atoms with van der Waals surface area (Å²) >= 11 is 0. The molecule has 0 spiro atoms. The van der Waals surface area contributed by atoms with Crippen molar-refractivity contribution in [3.05, 3.63) is 71.8 Å². The molecule has 0 saturated carbocycles. The number of fused-ring (bicyclic) bond motifs is 1. The molecule has 2 saturated heterocycles. The summed E-state index contributed by atoms with van der Waals surface area (Å²) in [5.41, 5.74) is 1.55. The molecule has 0 amide bonds. The molecule has 2 fully saturated rings. The molecule has 2 aromatic carbocycles. The van der Waals surface area contributed by atoms with E-state index in [1.807, 2.05) is 48.5 Å². The van der Waals surface area contributed by atoms with Gasteiger partial charge < -0.3 is 14.2 Å². The first-order valence-electron chi connectivity index (χ1n) is 8.32. The van der Waals surface area contributed by atoms with Crippen LogP contribution in [0.25, 0.3) is 0 Å². The summed E-state index contributed by atoms with van der Waals surface area (Å²) in [4.78, 5) is 24.4. The third-order valence-electron chi connectivity index (χ3n) is 4.55. The SMILES string of the molecule is O=C1C[C@@H]2O[C@@H](C(=O)c3ccccc3)[C@@H](OCc3ccccc3)[C@@H]2O1. The number of ether oxygens (including phenoxy) is 3. The van der Waals surface area contributed by atoms with Crippen LogP contribution in [0.2, 0.25) is 0 Å². The van der Waals surface area contributed by atoms with Crippen LogP contribution in [-0.4, -0.2) is 36.2 Å². The van der Waals surface area contributed by atoms with Crippen LogP contribution in [0, 0.1) is 0 Å². The molecule has 4 atom stereocenters. The Bertz CT molecular complexity index is 758. The number of esters is 1. The zero-order valence-electron chi connectivity index (χ0n) is 13.5. The number of carbonyl (C=O) groups is 2. The van der Waals surface area contributed by atoms with E-state index < -0.39 is 24.4 Å². The average Bonchev–Trinajstić information content (AvgIpc) is 3.17. The van der Waals surface area contributed by atoms with Crippen molar-refractivity contribution >= 4 is 11.8 Å². The molecule has 5 nitrogen and oxygen atoms in total. The normalized spacial score (nSPS) is 27.8. The van der Waals surface area contributed by atoms with E-state index in [0.717, 1.165) is 5.56 Å². The second-order valence-electron chi connectivity index (χ2n) is 6.25. The van der Waals surface area contributed by atoms with Gasteiger partial charge in [-0.15, -0.1) is 0 Å². The molecule has 2 aromatic rings. The zero-order chi connectivity index (χ0) is 17.2. The van der Waals surface area contributed by atoms with Crippen molar-refractivity contribution in [2.75, 3.05) is 0 Å². The lowest BCUT2D eigenvalue weighted by atomic mass is 10.00. The van der Waals surface area contributed by atoms with Gasteiger partial charge in [0.05, 0.1) is 13.0 Å². The first-order valence-corrected chi connectivity index (χ1v) is 8.32. The zero-order valence-corrected chi connectivity index (χ0v) is 13.5. The van der Waals surface area contributed by atoms with Gasteiger partial charge in [0.15, 0.2) is 18.0 Å². The summed E-state index contributed by atoms with van der Waals surface area (Å²) in [7, 11) is 0. The van der Waals surface area contributed by atoms with Gasteiger partial charge in [-0.25, -0.2) is 0 Å². The lowest BCUT2D eigenvalue weighted by Gasteiger charge is -2.21. The summed E-state index contributed by atoms with van der Waals surface area (Å²) in [6.45, 7) is 0.328. The van der Waals surface area contributed by atoms with E-state index in [1.54, 1.807) is 12.1 Å². The molecule has 2 heterocycles. The van der Waals surface area contributed by atoms with E-state index in [1.165, 1.54) is 0 Å². The van der Waals surface area contributed by atoms with E-state index >= 15 is 0 Å². The van der Waals surface area contributed by atoms with Crippen molar-refractivity contribution in [1.29, 1.82) is 0 Å². The second-order valence-corrected chi connectivity index (χ2v) is 6.25. The fourth-order valence-corrected chi connectivity index (χ4v) is 3.32. The minimum Gasteiger partial charge on any atom is -0.457 e. The molecule has 0 N–H and O–H groups in total. The van der Waals surface area contributed by atoms with Crippen LogP contribution in [0.1, 0.15) is 22.3 Å².